The first-order valence-corrected chi connectivity index (χ1v) is 6.98. The Balaban J connectivity index is 1.96. The van der Waals surface area contributed by atoms with Crippen LogP contribution in [0, 0.1) is 0 Å². The van der Waals surface area contributed by atoms with E-state index >= 15 is 0 Å². The number of aromatic amines is 1. The first kappa shape index (κ1) is 11.4. The van der Waals surface area contributed by atoms with E-state index in [0.29, 0.717) is 0 Å². The van der Waals surface area contributed by atoms with Gasteiger partial charge in [-0.05, 0) is 12.6 Å². The van der Waals surface area contributed by atoms with Gasteiger partial charge in [-0.2, -0.15) is 0 Å². The third-order valence-electron chi connectivity index (χ3n) is 2.93. The molecule has 1 aromatic carbocycles. The average Bonchev–Trinajstić information content (AvgIpc) is 3.02. The van der Waals surface area contributed by atoms with Crippen molar-refractivity contribution in [2.75, 3.05) is 6.54 Å². The fourth-order valence-corrected chi connectivity index (χ4v) is 2.86. The molecule has 0 fully saturated rings. The highest BCUT2D eigenvalue weighted by atomic mass is 32.1. The molecule has 0 aliphatic rings. The lowest BCUT2D eigenvalue weighted by Crippen LogP contribution is -2.11. The summed E-state index contributed by atoms with van der Waals surface area (Å²) in [6.45, 7) is 3.92. The molecule has 0 unspecified atom stereocenters. The highest BCUT2D eigenvalue weighted by Gasteiger charge is 2.09. The summed E-state index contributed by atoms with van der Waals surface area (Å²) >= 11 is 1.70. The molecule has 3 rings (SSSR count). The van der Waals surface area contributed by atoms with Gasteiger partial charge in [0.05, 0.1) is 5.69 Å². The van der Waals surface area contributed by atoms with Crippen molar-refractivity contribution in [1.82, 2.24) is 15.3 Å². The van der Waals surface area contributed by atoms with Gasteiger partial charge in [0.2, 0.25) is 0 Å². The largest absolute Gasteiger partial charge is 0.360 e. The van der Waals surface area contributed by atoms with Crippen LogP contribution in [0.2, 0.25) is 0 Å². The second-order valence-corrected chi connectivity index (χ2v) is 5.03. The molecule has 2 N–H and O–H groups in total. The van der Waals surface area contributed by atoms with Gasteiger partial charge in [-0.25, -0.2) is 4.98 Å². The molecule has 2 heterocycles. The van der Waals surface area contributed by atoms with Crippen LogP contribution < -0.4 is 5.32 Å². The predicted octanol–water partition coefficient (Wildman–Crippen LogP) is 3.40. The maximum atomic E-state index is 4.68. The molecular formula is C14H15N3S. The highest BCUT2D eigenvalue weighted by Crippen LogP contribution is 2.30. The smallest absolute Gasteiger partial charge is 0.125 e. The zero-order chi connectivity index (χ0) is 12.4. The molecule has 2 aromatic heterocycles. The van der Waals surface area contributed by atoms with Gasteiger partial charge in [0.25, 0.3) is 0 Å². The lowest BCUT2D eigenvalue weighted by Gasteiger charge is -1.96. The van der Waals surface area contributed by atoms with Crippen LogP contribution in [0.15, 0.2) is 35.8 Å². The number of hydrogen-bond donors (Lipinski definition) is 2. The normalized spacial score (nSPS) is 11.2. The summed E-state index contributed by atoms with van der Waals surface area (Å²) in [6, 6.07) is 8.33. The third-order valence-corrected chi connectivity index (χ3v) is 3.85. The van der Waals surface area contributed by atoms with Crippen molar-refractivity contribution in [3.05, 3.63) is 41.5 Å². The van der Waals surface area contributed by atoms with Crippen molar-refractivity contribution in [3.8, 4) is 10.6 Å². The number of nitrogens with zero attached hydrogens (tertiary/aromatic N) is 1. The number of rotatable bonds is 4. The molecular weight excluding hydrogens is 242 g/mol. The molecule has 0 atom stereocenters. The topological polar surface area (TPSA) is 40.7 Å². The van der Waals surface area contributed by atoms with E-state index in [1.54, 1.807) is 11.3 Å². The Morgan fingerprint density at radius 2 is 2.22 bits per heavy atom. The summed E-state index contributed by atoms with van der Waals surface area (Å²) in [5, 5.41) is 7.74. The molecule has 0 saturated carbocycles. The summed E-state index contributed by atoms with van der Waals surface area (Å²) in [4.78, 5) is 7.97. The number of nitrogens with one attached hydrogen (secondary N) is 2. The Hall–Kier alpha value is -1.65. The van der Waals surface area contributed by atoms with E-state index in [0.717, 1.165) is 29.3 Å². The van der Waals surface area contributed by atoms with Gasteiger partial charge in [0.15, 0.2) is 0 Å². The number of para-hydroxylation sites is 1. The summed E-state index contributed by atoms with van der Waals surface area (Å²) in [5.74, 6) is 0. The Morgan fingerprint density at radius 3 is 3.11 bits per heavy atom. The first-order chi connectivity index (χ1) is 8.88. The number of benzene rings is 1. The van der Waals surface area contributed by atoms with Crippen LogP contribution >= 0.6 is 11.3 Å². The Labute approximate surface area is 110 Å². The number of thiazole rings is 1. The van der Waals surface area contributed by atoms with Crippen LogP contribution in [-0.2, 0) is 6.54 Å². The van der Waals surface area contributed by atoms with Gasteiger partial charge in [0, 0.05) is 34.6 Å². The van der Waals surface area contributed by atoms with Crippen molar-refractivity contribution >= 4 is 22.2 Å². The summed E-state index contributed by atoms with van der Waals surface area (Å²) in [7, 11) is 0. The number of hydrogen-bond acceptors (Lipinski definition) is 3. The lowest BCUT2D eigenvalue weighted by molar-refractivity contribution is 0.715. The molecule has 3 aromatic rings. The average molecular weight is 257 g/mol. The van der Waals surface area contributed by atoms with E-state index in [4.69, 9.17) is 0 Å². The molecule has 0 radical (unpaired) electrons. The van der Waals surface area contributed by atoms with Crippen molar-refractivity contribution < 1.29 is 0 Å². The minimum atomic E-state index is 0.843. The summed E-state index contributed by atoms with van der Waals surface area (Å²) in [6.07, 6.45) is 2.04. The second kappa shape index (κ2) is 4.92. The fraction of sp³-hybridized carbons (Fsp3) is 0.214. The van der Waals surface area contributed by atoms with E-state index in [1.807, 2.05) is 12.3 Å². The Bertz CT molecular complexity index is 654. The predicted molar refractivity (Wildman–Crippen MR) is 76.8 cm³/mol. The SMILES string of the molecule is CCNCc1csc(-c2c[nH]c3ccccc23)n1. The Kier molecular flexibility index (Phi) is 3.13. The number of aromatic nitrogens is 2. The van der Waals surface area contributed by atoms with Crippen LogP contribution in [-0.4, -0.2) is 16.5 Å². The highest BCUT2D eigenvalue weighted by molar-refractivity contribution is 7.13. The van der Waals surface area contributed by atoms with Gasteiger partial charge in [-0.15, -0.1) is 11.3 Å². The molecule has 0 aliphatic heterocycles. The van der Waals surface area contributed by atoms with Crippen molar-refractivity contribution in [2.45, 2.75) is 13.5 Å². The number of H-pyrrole nitrogens is 1. The number of fused-ring (bicyclic) bond motifs is 1. The van der Waals surface area contributed by atoms with Gasteiger partial charge in [0.1, 0.15) is 5.01 Å². The zero-order valence-electron chi connectivity index (χ0n) is 10.2. The second-order valence-electron chi connectivity index (χ2n) is 4.17. The van der Waals surface area contributed by atoms with Crippen LogP contribution in [0.4, 0.5) is 0 Å². The quantitative estimate of drug-likeness (QED) is 0.752. The van der Waals surface area contributed by atoms with Crippen LogP contribution in [0.1, 0.15) is 12.6 Å². The molecule has 0 bridgehead atoms. The van der Waals surface area contributed by atoms with E-state index < -0.39 is 0 Å². The molecule has 3 nitrogen and oxygen atoms in total. The van der Waals surface area contributed by atoms with Gasteiger partial charge < -0.3 is 10.3 Å². The minimum absolute atomic E-state index is 0.843. The summed E-state index contributed by atoms with van der Waals surface area (Å²) in [5.41, 5.74) is 3.47. The molecule has 92 valence electrons. The summed E-state index contributed by atoms with van der Waals surface area (Å²) < 4.78 is 0. The first-order valence-electron chi connectivity index (χ1n) is 6.10. The zero-order valence-corrected chi connectivity index (χ0v) is 11.1. The maximum Gasteiger partial charge on any atom is 0.125 e. The maximum absolute atomic E-state index is 4.68. The molecule has 0 saturated heterocycles. The molecule has 18 heavy (non-hydrogen) atoms. The van der Waals surface area contributed by atoms with Crippen LogP contribution in [0.25, 0.3) is 21.5 Å². The van der Waals surface area contributed by atoms with Gasteiger partial charge in [-0.1, -0.05) is 25.1 Å². The van der Waals surface area contributed by atoms with Crippen molar-refractivity contribution in [3.63, 3.8) is 0 Å². The monoisotopic (exact) mass is 257 g/mol. The van der Waals surface area contributed by atoms with E-state index in [9.17, 15) is 0 Å². The van der Waals surface area contributed by atoms with E-state index in [1.165, 1.54) is 10.9 Å². The fourth-order valence-electron chi connectivity index (χ4n) is 2.01. The standard InChI is InChI=1S/C14H15N3S/c1-2-15-7-10-9-18-14(17-10)12-8-16-13-6-4-3-5-11(12)13/h3-6,8-9,15-16H,2,7H2,1H3. The Morgan fingerprint density at radius 1 is 1.33 bits per heavy atom. The molecule has 0 spiro atoms. The van der Waals surface area contributed by atoms with E-state index in [-0.39, 0.29) is 0 Å². The van der Waals surface area contributed by atoms with E-state index in [2.05, 4.69) is 45.8 Å². The van der Waals surface area contributed by atoms with Crippen LogP contribution in [0.3, 0.4) is 0 Å². The minimum Gasteiger partial charge on any atom is -0.360 e. The van der Waals surface area contributed by atoms with Gasteiger partial charge >= 0.3 is 0 Å². The van der Waals surface area contributed by atoms with Crippen molar-refractivity contribution in [2.24, 2.45) is 0 Å². The van der Waals surface area contributed by atoms with Crippen molar-refractivity contribution in [1.29, 1.82) is 0 Å². The van der Waals surface area contributed by atoms with Gasteiger partial charge in [-0.3, -0.25) is 0 Å². The van der Waals surface area contributed by atoms with Crippen LogP contribution in [0.5, 0.6) is 0 Å². The lowest BCUT2D eigenvalue weighted by atomic mass is 10.2. The molecule has 0 amide bonds. The molecule has 0 aliphatic carbocycles. The third kappa shape index (κ3) is 2.05. The molecule has 4 heteroatoms.